The van der Waals surface area contributed by atoms with Gasteiger partial charge in [-0.3, -0.25) is 14.8 Å². The van der Waals surface area contributed by atoms with Gasteiger partial charge in [0.05, 0.1) is 18.7 Å². The molecule has 1 aromatic heterocycles. The van der Waals surface area contributed by atoms with Gasteiger partial charge in [-0.1, -0.05) is 6.42 Å². The summed E-state index contributed by atoms with van der Waals surface area (Å²) in [6.45, 7) is 0. The van der Waals surface area contributed by atoms with Crippen molar-refractivity contribution in [3.8, 4) is 0 Å². The molecular weight excluding hydrogens is 250 g/mol. The number of unbranched alkanes of at least 4 members (excludes halogenated alkanes) is 2. The predicted molar refractivity (Wildman–Crippen MR) is 67.5 cm³/mol. The van der Waals surface area contributed by atoms with E-state index in [4.69, 9.17) is 9.62 Å². The van der Waals surface area contributed by atoms with Crippen molar-refractivity contribution >= 4 is 18.0 Å². The summed E-state index contributed by atoms with van der Waals surface area (Å²) in [5.41, 5.74) is 4.74. The third-order valence-electron chi connectivity index (χ3n) is 2.38. The highest BCUT2D eigenvalue weighted by Crippen LogP contribution is 2.02. The Morgan fingerprint density at radius 3 is 2.63 bits per heavy atom. The number of nitrogens with zero attached hydrogens (tertiary/aromatic N) is 1. The lowest BCUT2D eigenvalue weighted by Crippen LogP contribution is -2.18. The molecule has 0 saturated heterocycles. The van der Waals surface area contributed by atoms with Crippen LogP contribution in [0.4, 0.5) is 0 Å². The molecule has 7 nitrogen and oxygen atoms in total. The number of hydrazone groups is 1. The van der Waals surface area contributed by atoms with E-state index in [1.54, 1.807) is 11.5 Å². The molecule has 0 aliphatic carbocycles. The Balaban J connectivity index is 2.03. The number of furan rings is 1. The molecule has 0 unspecified atom stereocenters. The number of hydroxylamine groups is 1. The van der Waals surface area contributed by atoms with Gasteiger partial charge in [-0.25, -0.2) is 10.9 Å². The summed E-state index contributed by atoms with van der Waals surface area (Å²) >= 11 is 0. The van der Waals surface area contributed by atoms with E-state index in [-0.39, 0.29) is 12.3 Å². The SMILES string of the molecule is O=C(CCCCCC(=O)N/N=C/c1ccoc1)NO. The first-order chi connectivity index (χ1) is 9.22. The van der Waals surface area contributed by atoms with E-state index in [0.29, 0.717) is 19.3 Å². The number of carbonyl (C=O) groups excluding carboxylic acids is 2. The maximum Gasteiger partial charge on any atom is 0.243 e. The zero-order chi connectivity index (χ0) is 13.9. The lowest BCUT2D eigenvalue weighted by molar-refractivity contribution is -0.129. The molecule has 0 bridgehead atoms. The van der Waals surface area contributed by atoms with Crippen molar-refractivity contribution in [1.82, 2.24) is 10.9 Å². The summed E-state index contributed by atoms with van der Waals surface area (Å²) in [7, 11) is 0. The highest BCUT2D eigenvalue weighted by atomic mass is 16.5. The van der Waals surface area contributed by atoms with Crippen LogP contribution in [0.15, 0.2) is 28.1 Å². The first kappa shape index (κ1) is 14.9. The Morgan fingerprint density at radius 2 is 2.00 bits per heavy atom. The van der Waals surface area contributed by atoms with E-state index < -0.39 is 5.91 Å². The van der Waals surface area contributed by atoms with Gasteiger partial charge in [0.1, 0.15) is 0 Å². The van der Waals surface area contributed by atoms with Crippen molar-refractivity contribution in [2.45, 2.75) is 32.1 Å². The second kappa shape index (κ2) is 8.87. The molecule has 3 N–H and O–H groups in total. The molecule has 0 spiro atoms. The third kappa shape index (κ3) is 6.99. The summed E-state index contributed by atoms with van der Waals surface area (Å²) in [6, 6.07) is 1.72. The second-order valence-corrected chi connectivity index (χ2v) is 3.95. The highest BCUT2D eigenvalue weighted by Gasteiger charge is 2.01. The monoisotopic (exact) mass is 267 g/mol. The molecule has 1 heterocycles. The van der Waals surface area contributed by atoms with Crippen LogP contribution in [0.5, 0.6) is 0 Å². The minimum absolute atomic E-state index is 0.175. The summed E-state index contributed by atoms with van der Waals surface area (Å²) < 4.78 is 4.84. The van der Waals surface area contributed by atoms with Gasteiger partial charge in [0.15, 0.2) is 0 Å². The van der Waals surface area contributed by atoms with Crippen LogP contribution >= 0.6 is 0 Å². The lowest BCUT2D eigenvalue weighted by atomic mass is 10.1. The predicted octanol–water partition coefficient (Wildman–Crippen LogP) is 1.19. The van der Waals surface area contributed by atoms with E-state index in [9.17, 15) is 9.59 Å². The Bertz CT molecular complexity index is 415. The number of hydrogen-bond donors (Lipinski definition) is 3. The number of carbonyl (C=O) groups is 2. The van der Waals surface area contributed by atoms with Crippen LogP contribution in [0, 0.1) is 0 Å². The molecule has 7 heteroatoms. The van der Waals surface area contributed by atoms with E-state index in [1.807, 2.05) is 0 Å². The molecule has 0 radical (unpaired) electrons. The molecule has 1 rings (SSSR count). The van der Waals surface area contributed by atoms with Crippen LogP contribution in [0.3, 0.4) is 0 Å². The smallest absolute Gasteiger partial charge is 0.243 e. The van der Waals surface area contributed by atoms with Crippen molar-refractivity contribution in [3.05, 3.63) is 24.2 Å². The zero-order valence-corrected chi connectivity index (χ0v) is 10.5. The highest BCUT2D eigenvalue weighted by molar-refractivity contribution is 5.81. The number of amides is 2. The molecule has 2 amide bonds. The van der Waals surface area contributed by atoms with Gasteiger partial charge < -0.3 is 4.42 Å². The molecule has 19 heavy (non-hydrogen) atoms. The van der Waals surface area contributed by atoms with Gasteiger partial charge in [0, 0.05) is 18.4 Å². The maximum atomic E-state index is 11.4. The summed E-state index contributed by atoms with van der Waals surface area (Å²) in [5, 5.41) is 12.0. The van der Waals surface area contributed by atoms with Gasteiger partial charge in [-0.2, -0.15) is 5.10 Å². The second-order valence-electron chi connectivity index (χ2n) is 3.95. The Kier molecular flexibility index (Phi) is 6.96. The van der Waals surface area contributed by atoms with Crippen LogP contribution in [-0.4, -0.2) is 23.2 Å². The largest absolute Gasteiger partial charge is 0.472 e. The average Bonchev–Trinajstić information content (AvgIpc) is 2.91. The summed E-state index contributed by atoms with van der Waals surface area (Å²) in [4.78, 5) is 22.1. The number of rotatable bonds is 8. The van der Waals surface area contributed by atoms with Gasteiger partial charge >= 0.3 is 0 Å². The average molecular weight is 267 g/mol. The van der Waals surface area contributed by atoms with Crippen LogP contribution in [0.2, 0.25) is 0 Å². The minimum Gasteiger partial charge on any atom is -0.472 e. The van der Waals surface area contributed by atoms with E-state index in [2.05, 4.69) is 10.5 Å². The standard InChI is InChI=1S/C12H17N3O4/c16-11(4-2-1-3-5-12(17)15-18)14-13-8-10-6-7-19-9-10/h6-9,18H,1-5H2,(H,14,16)(H,15,17)/b13-8+. The fourth-order valence-electron chi connectivity index (χ4n) is 1.39. The van der Waals surface area contributed by atoms with Gasteiger partial charge in [-0.05, 0) is 18.9 Å². The van der Waals surface area contributed by atoms with Crippen molar-refractivity contribution in [3.63, 3.8) is 0 Å². The molecular formula is C12H17N3O4. The topological polar surface area (TPSA) is 104 Å². The van der Waals surface area contributed by atoms with Crippen molar-refractivity contribution in [1.29, 1.82) is 0 Å². The van der Waals surface area contributed by atoms with Gasteiger partial charge in [0.2, 0.25) is 11.8 Å². The molecule has 1 aromatic rings. The molecule has 104 valence electrons. The number of hydrogen-bond acceptors (Lipinski definition) is 5. The fraction of sp³-hybridized carbons (Fsp3) is 0.417. The fourth-order valence-corrected chi connectivity index (χ4v) is 1.39. The van der Waals surface area contributed by atoms with E-state index in [1.165, 1.54) is 18.7 Å². The van der Waals surface area contributed by atoms with Crippen molar-refractivity contribution in [2.75, 3.05) is 0 Å². The van der Waals surface area contributed by atoms with Gasteiger partial charge in [-0.15, -0.1) is 0 Å². The molecule has 0 aliphatic rings. The van der Waals surface area contributed by atoms with Crippen molar-refractivity contribution < 1.29 is 19.2 Å². The Morgan fingerprint density at radius 1 is 1.26 bits per heavy atom. The van der Waals surface area contributed by atoms with Crippen LogP contribution in [-0.2, 0) is 9.59 Å². The van der Waals surface area contributed by atoms with Gasteiger partial charge in [0.25, 0.3) is 0 Å². The lowest BCUT2D eigenvalue weighted by Gasteiger charge is -2.00. The minimum atomic E-state index is -0.408. The Hall–Kier alpha value is -2.15. The molecule has 0 aromatic carbocycles. The first-order valence-electron chi connectivity index (χ1n) is 5.99. The van der Waals surface area contributed by atoms with Crippen LogP contribution in [0.25, 0.3) is 0 Å². The first-order valence-corrected chi connectivity index (χ1v) is 5.99. The van der Waals surface area contributed by atoms with Crippen LogP contribution < -0.4 is 10.9 Å². The summed E-state index contributed by atoms with van der Waals surface area (Å²) in [5.74, 6) is -0.583. The number of nitrogens with one attached hydrogen (secondary N) is 2. The van der Waals surface area contributed by atoms with E-state index >= 15 is 0 Å². The third-order valence-corrected chi connectivity index (χ3v) is 2.38. The molecule has 0 atom stereocenters. The molecule has 0 aliphatic heterocycles. The van der Waals surface area contributed by atoms with E-state index in [0.717, 1.165) is 12.0 Å². The summed E-state index contributed by atoms with van der Waals surface area (Å²) in [6.07, 6.45) is 7.19. The Labute approximate surface area is 110 Å². The molecule has 0 saturated carbocycles. The zero-order valence-electron chi connectivity index (χ0n) is 10.5. The normalized spacial score (nSPS) is 10.6. The van der Waals surface area contributed by atoms with Crippen LogP contribution in [0.1, 0.15) is 37.7 Å². The maximum absolute atomic E-state index is 11.4. The quantitative estimate of drug-likeness (QED) is 0.285. The molecule has 0 fully saturated rings. The van der Waals surface area contributed by atoms with Crippen molar-refractivity contribution in [2.24, 2.45) is 5.10 Å².